The van der Waals surface area contributed by atoms with Crippen LogP contribution >= 0.6 is 0 Å². The predicted molar refractivity (Wildman–Crippen MR) is 74.1 cm³/mol. The fourth-order valence-electron chi connectivity index (χ4n) is 1.88. The Morgan fingerprint density at radius 1 is 1.11 bits per heavy atom. The predicted octanol–water partition coefficient (Wildman–Crippen LogP) is 3.51. The highest BCUT2D eigenvalue weighted by Crippen LogP contribution is 2.19. The van der Waals surface area contributed by atoms with Crippen molar-refractivity contribution in [1.82, 2.24) is 0 Å². The molecule has 0 saturated carbocycles. The second-order valence-corrected chi connectivity index (χ2v) is 4.50. The van der Waals surface area contributed by atoms with Gasteiger partial charge < -0.3 is 11.1 Å². The number of anilines is 2. The van der Waals surface area contributed by atoms with E-state index in [0.29, 0.717) is 24.2 Å². The molecule has 0 bridgehead atoms. The van der Waals surface area contributed by atoms with E-state index in [1.165, 1.54) is 12.1 Å². The summed E-state index contributed by atoms with van der Waals surface area (Å²) in [6.07, 6.45) is 0.472. The van der Waals surface area contributed by atoms with Gasteiger partial charge in [0.2, 0.25) is 0 Å². The molecule has 0 fully saturated rings. The monoisotopic (exact) mass is 262 g/mol. The minimum Gasteiger partial charge on any atom is -0.397 e. The third-order valence-corrected chi connectivity index (χ3v) is 2.93. The number of halogens is 2. The van der Waals surface area contributed by atoms with E-state index in [9.17, 15) is 8.78 Å². The van der Waals surface area contributed by atoms with Crippen LogP contribution in [0, 0.1) is 18.6 Å². The van der Waals surface area contributed by atoms with Crippen molar-refractivity contribution in [3.05, 3.63) is 59.2 Å². The lowest BCUT2D eigenvalue weighted by molar-refractivity contribution is 0.572. The number of nitrogen functional groups attached to an aromatic ring is 1. The summed E-state index contributed by atoms with van der Waals surface area (Å²) < 4.78 is 26.2. The van der Waals surface area contributed by atoms with E-state index in [2.05, 4.69) is 5.32 Å². The van der Waals surface area contributed by atoms with E-state index in [-0.39, 0.29) is 0 Å². The van der Waals surface area contributed by atoms with Gasteiger partial charge >= 0.3 is 0 Å². The molecule has 4 heteroatoms. The number of nitrogens with two attached hydrogens (primary N) is 1. The smallest absolute Gasteiger partial charge is 0.129 e. The molecule has 0 amide bonds. The lowest BCUT2D eigenvalue weighted by Crippen LogP contribution is -2.08. The van der Waals surface area contributed by atoms with Crippen LogP contribution in [0.15, 0.2) is 36.4 Å². The summed E-state index contributed by atoms with van der Waals surface area (Å²) >= 11 is 0. The lowest BCUT2D eigenvalue weighted by atomic mass is 10.1. The molecule has 0 saturated heterocycles. The first kappa shape index (κ1) is 13.3. The van der Waals surface area contributed by atoms with Crippen LogP contribution < -0.4 is 11.1 Å². The van der Waals surface area contributed by atoms with Crippen molar-refractivity contribution in [3.63, 3.8) is 0 Å². The summed E-state index contributed by atoms with van der Waals surface area (Å²) in [5.41, 5.74) is 8.91. The van der Waals surface area contributed by atoms with Crippen molar-refractivity contribution in [3.8, 4) is 0 Å². The van der Waals surface area contributed by atoms with Gasteiger partial charge in [-0.25, -0.2) is 8.78 Å². The van der Waals surface area contributed by atoms with Gasteiger partial charge in [0.05, 0.1) is 11.4 Å². The Kier molecular flexibility index (Phi) is 4.00. The van der Waals surface area contributed by atoms with Gasteiger partial charge in [0.25, 0.3) is 0 Å². The van der Waals surface area contributed by atoms with E-state index < -0.39 is 11.6 Å². The summed E-state index contributed by atoms with van der Waals surface area (Å²) in [5.74, 6) is -1.07. The second-order valence-electron chi connectivity index (χ2n) is 4.50. The molecule has 19 heavy (non-hydrogen) atoms. The van der Waals surface area contributed by atoms with Crippen LogP contribution in [-0.2, 0) is 6.42 Å². The van der Waals surface area contributed by atoms with Gasteiger partial charge in [-0.1, -0.05) is 12.1 Å². The molecule has 0 heterocycles. The van der Waals surface area contributed by atoms with Gasteiger partial charge in [0, 0.05) is 12.6 Å². The van der Waals surface area contributed by atoms with Gasteiger partial charge in [-0.15, -0.1) is 0 Å². The number of nitrogens with one attached hydrogen (secondary N) is 1. The highest BCUT2D eigenvalue weighted by molar-refractivity contribution is 5.66. The highest BCUT2D eigenvalue weighted by Gasteiger charge is 2.04. The van der Waals surface area contributed by atoms with Crippen LogP contribution in [0.3, 0.4) is 0 Å². The fourth-order valence-corrected chi connectivity index (χ4v) is 1.88. The molecule has 0 radical (unpaired) electrons. The molecule has 0 unspecified atom stereocenters. The molecule has 0 atom stereocenters. The Morgan fingerprint density at radius 2 is 1.89 bits per heavy atom. The number of hydrogen-bond acceptors (Lipinski definition) is 2. The van der Waals surface area contributed by atoms with E-state index >= 15 is 0 Å². The van der Waals surface area contributed by atoms with Crippen LogP contribution in [0.5, 0.6) is 0 Å². The molecule has 0 spiro atoms. The first-order valence-electron chi connectivity index (χ1n) is 6.10. The van der Waals surface area contributed by atoms with Crippen molar-refractivity contribution in [2.45, 2.75) is 13.3 Å². The van der Waals surface area contributed by atoms with Crippen LogP contribution in [-0.4, -0.2) is 6.54 Å². The maximum atomic E-state index is 13.4. The van der Waals surface area contributed by atoms with Crippen molar-refractivity contribution < 1.29 is 8.78 Å². The average molecular weight is 262 g/mol. The zero-order chi connectivity index (χ0) is 13.8. The number of hydrogen-bond donors (Lipinski definition) is 2. The van der Waals surface area contributed by atoms with Crippen molar-refractivity contribution in [2.24, 2.45) is 0 Å². The molecule has 2 aromatic rings. The first-order valence-corrected chi connectivity index (χ1v) is 6.10. The Balaban J connectivity index is 1.98. The summed E-state index contributed by atoms with van der Waals surface area (Å²) in [7, 11) is 0. The molecule has 0 aromatic heterocycles. The lowest BCUT2D eigenvalue weighted by Gasteiger charge is -2.10. The second kappa shape index (κ2) is 5.69. The number of aryl methyl sites for hydroxylation is 1. The molecule has 2 nitrogen and oxygen atoms in total. The topological polar surface area (TPSA) is 38.0 Å². The van der Waals surface area contributed by atoms with E-state index in [0.717, 1.165) is 17.3 Å². The largest absolute Gasteiger partial charge is 0.397 e. The van der Waals surface area contributed by atoms with Crippen molar-refractivity contribution >= 4 is 11.4 Å². The SMILES string of the molecule is Cc1ccc(N)c(NCCc2ccc(F)cc2F)c1. The quantitative estimate of drug-likeness (QED) is 0.827. The fraction of sp³-hybridized carbons (Fsp3) is 0.200. The van der Waals surface area contributed by atoms with E-state index in [1.807, 2.05) is 25.1 Å². The molecule has 2 aromatic carbocycles. The molecular formula is C15H16F2N2. The maximum absolute atomic E-state index is 13.4. The highest BCUT2D eigenvalue weighted by atomic mass is 19.1. The summed E-state index contributed by atoms with van der Waals surface area (Å²) in [6.45, 7) is 2.51. The number of rotatable bonds is 4. The zero-order valence-corrected chi connectivity index (χ0v) is 10.7. The Bertz CT molecular complexity index is 582. The van der Waals surface area contributed by atoms with Crippen LogP contribution in [0.1, 0.15) is 11.1 Å². The average Bonchev–Trinajstić information content (AvgIpc) is 2.36. The van der Waals surface area contributed by atoms with E-state index in [4.69, 9.17) is 5.73 Å². The minimum atomic E-state index is -0.558. The van der Waals surface area contributed by atoms with Crippen LogP contribution in [0.25, 0.3) is 0 Å². The minimum absolute atomic E-state index is 0.472. The Labute approximate surface area is 111 Å². The summed E-state index contributed by atoms with van der Waals surface area (Å²) in [4.78, 5) is 0. The number of benzene rings is 2. The van der Waals surface area contributed by atoms with Crippen LogP contribution in [0.4, 0.5) is 20.2 Å². The van der Waals surface area contributed by atoms with Gasteiger partial charge in [-0.3, -0.25) is 0 Å². The molecule has 0 aliphatic carbocycles. The van der Waals surface area contributed by atoms with Gasteiger partial charge in [0.15, 0.2) is 0 Å². The van der Waals surface area contributed by atoms with Gasteiger partial charge in [-0.05, 0) is 42.7 Å². The van der Waals surface area contributed by atoms with E-state index in [1.54, 1.807) is 0 Å². The third-order valence-electron chi connectivity index (χ3n) is 2.93. The molecule has 0 aliphatic rings. The van der Waals surface area contributed by atoms with Gasteiger partial charge in [0.1, 0.15) is 11.6 Å². The van der Waals surface area contributed by atoms with Crippen molar-refractivity contribution in [2.75, 3.05) is 17.6 Å². The third kappa shape index (κ3) is 3.44. The summed E-state index contributed by atoms with van der Waals surface area (Å²) in [5, 5.41) is 3.16. The molecule has 3 N–H and O–H groups in total. The van der Waals surface area contributed by atoms with Crippen molar-refractivity contribution in [1.29, 1.82) is 0 Å². The van der Waals surface area contributed by atoms with Crippen LogP contribution in [0.2, 0.25) is 0 Å². The van der Waals surface area contributed by atoms with Gasteiger partial charge in [-0.2, -0.15) is 0 Å². The Hall–Kier alpha value is -2.10. The normalized spacial score (nSPS) is 10.5. The molecular weight excluding hydrogens is 246 g/mol. The standard InChI is InChI=1S/C15H16F2N2/c1-10-2-5-14(18)15(8-10)19-7-6-11-3-4-12(16)9-13(11)17/h2-5,8-9,19H,6-7,18H2,1H3. The molecule has 100 valence electrons. The Morgan fingerprint density at radius 3 is 2.63 bits per heavy atom. The molecule has 0 aliphatic heterocycles. The maximum Gasteiger partial charge on any atom is 0.129 e. The molecule has 2 rings (SSSR count). The first-order chi connectivity index (χ1) is 9.06. The summed E-state index contributed by atoms with van der Waals surface area (Å²) in [6, 6.07) is 9.33. The zero-order valence-electron chi connectivity index (χ0n) is 10.7.